The van der Waals surface area contributed by atoms with E-state index in [2.05, 4.69) is 0 Å². The van der Waals surface area contributed by atoms with Gasteiger partial charge in [0.2, 0.25) is 11.8 Å². The van der Waals surface area contributed by atoms with Crippen LogP contribution in [0.4, 0.5) is 0 Å². The molecular weight excluding hydrogens is 346 g/mol. The van der Waals surface area contributed by atoms with Gasteiger partial charge in [-0.25, -0.2) is 0 Å². The van der Waals surface area contributed by atoms with E-state index in [4.69, 9.17) is 15.5 Å². The number of likely N-dealkylation sites (tertiary alicyclic amines) is 1. The first-order chi connectivity index (χ1) is 13.0. The maximum absolute atomic E-state index is 12.4. The number of benzene rings is 1. The number of carbonyl (C=O) groups is 2. The standard InChI is InChI=1S/C20H25N3O4/c1-27-10-16(24)23-9-12-6-14-17(15(7-12)19(25)18(14)23)22-8-11-3-2-4-13(5-11)20(21)26/h2-5,12,14-15,18-19,25H,6-10H2,1H3,(H2,21,26)/b22-17-/t12?,14-,15+,18?,19-/m0/s1. The lowest BCUT2D eigenvalue weighted by atomic mass is 9.76. The summed E-state index contributed by atoms with van der Waals surface area (Å²) in [5, 5.41) is 10.9. The molecule has 144 valence electrons. The number of nitrogens with zero attached hydrogens (tertiary/aromatic N) is 2. The fraction of sp³-hybridized carbons (Fsp3) is 0.550. The van der Waals surface area contributed by atoms with E-state index in [1.165, 1.54) is 7.11 Å². The minimum atomic E-state index is -0.570. The van der Waals surface area contributed by atoms with Crippen molar-refractivity contribution in [1.82, 2.24) is 4.90 Å². The van der Waals surface area contributed by atoms with Gasteiger partial charge in [-0.15, -0.1) is 0 Å². The molecule has 2 aliphatic carbocycles. The molecule has 2 unspecified atom stereocenters. The molecule has 7 nitrogen and oxygen atoms in total. The second kappa shape index (κ2) is 7.05. The quantitative estimate of drug-likeness (QED) is 0.791. The Morgan fingerprint density at radius 2 is 2.11 bits per heavy atom. The number of rotatable bonds is 5. The minimum absolute atomic E-state index is 0.0124. The Morgan fingerprint density at radius 1 is 1.33 bits per heavy atom. The van der Waals surface area contributed by atoms with Crippen LogP contribution in [0.15, 0.2) is 29.3 Å². The fourth-order valence-corrected chi connectivity index (χ4v) is 5.10. The van der Waals surface area contributed by atoms with Crippen LogP contribution in [0.2, 0.25) is 0 Å². The Hall–Kier alpha value is -2.25. The van der Waals surface area contributed by atoms with Crippen LogP contribution in [0.1, 0.15) is 28.8 Å². The number of carbonyl (C=O) groups excluding carboxylic acids is 2. The van der Waals surface area contributed by atoms with Crippen LogP contribution >= 0.6 is 0 Å². The van der Waals surface area contributed by atoms with Gasteiger partial charge in [0.25, 0.3) is 0 Å². The van der Waals surface area contributed by atoms with E-state index < -0.39 is 12.0 Å². The van der Waals surface area contributed by atoms with Crippen LogP contribution in [0.25, 0.3) is 0 Å². The number of methoxy groups -OCH3 is 1. The topological polar surface area (TPSA) is 105 Å². The van der Waals surface area contributed by atoms with Gasteiger partial charge in [0.15, 0.2) is 0 Å². The van der Waals surface area contributed by atoms with E-state index in [9.17, 15) is 14.7 Å². The van der Waals surface area contributed by atoms with E-state index in [0.717, 1.165) is 24.1 Å². The zero-order chi connectivity index (χ0) is 19.1. The predicted molar refractivity (Wildman–Crippen MR) is 99.2 cm³/mol. The van der Waals surface area contributed by atoms with Crippen molar-refractivity contribution in [2.45, 2.75) is 31.5 Å². The average Bonchev–Trinajstić information content (AvgIpc) is 2.76. The molecule has 27 heavy (non-hydrogen) atoms. The lowest BCUT2D eigenvalue weighted by Crippen LogP contribution is -2.54. The Morgan fingerprint density at radius 3 is 2.85 bits per heavy atom. The maximum Gasteiger partial charge on any atom is 0.248 e. The summed E-state index contributed by atoms with van der Waals surface area (Å²) in [7, 11) is 1.51. The van der Waals surface area contributed by atoms with Gasteiger partial charge in [-0.2, -0.15) is 0 Å². The van der Waals surface area contributed by atoms with Crippen molar-refractivity contribution in [2.24, 2.45) is 28.5 Å². The highest BCUT2D eigenvalue weighted by Crippen LogP contribution is 2.49. The number of aliphatic hydroxyl groups is 1. The summed E-state index contributed by atoms with van der Waals surface area (Å²) in [5.74, 6) is 0.0111. The first kappa shape index (κ1) is 18.1. The van der Waals surface area contributed by atoms with Crippen LogP contribution in [-0.4, -0.2) is 59.9 Å². The Kier molecular flexibility index (Phi) is 4.74. The molecule has 2 saturated carbocycles. The Balaban J connectivity index is 1.57. The van der Waals surface area contributed by atoms with Crippen molar-refractivity contribution in [3.05, 3.63) is 35.4 Å². The zero-order valence-electron chi connectivity index (χ0n) is 15.4. The van der Waals surface area contributed by atoms with Gasteiger partial charge >= 0.3 is 0 Å². The molecule has 1 aliphatic heterocycles. The van der Waals surface area contributed by atoms with Crippen LogP contribution in [0, 0.1) is 17.8 Å². The highest BCUT2D eigenvalue weighted by atomic mass is 16.5. The summed E-state index contributed by atoms with van der Waals surface area (Å²) >= 11 is 0. The second-order valence-corrected chi connectivity index (χ2v) is 7.82. The molecule has 0 spiro atoms. The molecule has 3 N–H and O–H groups in total. The van der Waals surface area contributed by atoms with Gasteiger partial charge in [-0.3, -0.25) is 14.6 Å². The van der Waals surface area contributed by atoms with Gasteiger partial charge in [0, 0.05) is 36.8 Å². The maximum atomic E-state index is 12.4. The molecule has 0 aromatic heterocycles. The molecule has 5 atom stereocenters. The highest BCUT2D eigenvalue weighted by Gasteiger charge is 2.58. The number of fused-ring (bicyclic) bond motifs is 2. The van der Waals surface area contributed by atoms with Crippen molar-refractivity contribution >= 4 is 17.5 Å². The smallest absolute Gasteiger partial charge is 0.248 e. The van der Waals surface area contributed by atoms with Crippen molar-refractivity contribution in [2.75, 3.05) is 20.3 Å². The van der Waals surface area contributed by atoms with Crippen molar-refractivity contribution in [1.29, 1.82) is 0 Å². The predicted octanol–water partition coefficient (Wildman–Crippen LogP) is 0.601. The van der Waals surface area contributed by atoms with Gasteiger partial charge in [0.05, 0.1) is 18.7 Å². The van der Waals surface area contributed by atoms with Crippen LogP contribution in [0.5, 0.6) is 0 Å². The van der Waals surface area contributed by atoms with Gasteiger partial charge in [0.1, 0.15) is 6.61 Å². The highest BCUT2D eigenvalue weighted by molar-refractivity contribution is 5.95. The molecule has 7 heteroatoms. The summed E-state index contributed by atoms with van der Waals surface area (Å²) in [6.45, 7) is 1.18. The third-order valence-corrected chi connectivity index (χ3v) is 6.17. The molecule has 1 aromatic rings. The number of hydrogen-bond acceptors (Lipinski definition) is 5. The molecule has 3 aliphatic rings. The van der Waals surface area contributed by atoms with E-state index in [0.29, 0.717) is 24.6 Å². The number of hydrogen-bond donors (Lipinski definition) is 2. The van der Waals surface area contributed by atoms with E-state index in [1.54, 1.807) is 18.2 Å². The number of nitrogens with two attached hydrogens (primary N) is 1. The minimum Gasteiger partial charge on any atom is -0.390 e. The van der Waals surface area contributed by atoms with Crippen molar-refractivity contribution in [3.63, 3.8) is 0 Å². The number of piperidine rings is 1. The number of aliphatic hydroxyl groups excluding tert-OH is 1. The summed E-state index contributed by atoms with van der Waals surface area (Å²) in [4.78, 5) is 30.4. The van der Waals surface area contributed by atoms with E-state index >= 15 is 0 Å². The van der Waals surface area contributed by atoms with Crippen molar-refractivity contribution in [3.8, 4) is 0 Å². The normalized spacial score (nSPS) is 32.9. The Labute approximate surface area is 158 Å². The molecule has 1 saturated heterocycles. The molecule has 4 rings (SSSR count). The number of primary amides is 1. The average molecular weight is 371 g/mol. The first-order valence-corrected chi connectivity index (χ1v) is 9.39. The first-order valence-electron chi connectivity index (χ1n) is 9.39. The van der Waals surface area contributed by atoms with Crippen molar-refractivity contribution < 1.29 is 19.4 Å². The summed E-state index contributed by atoms with van der Waals surface area (Å²) in [5.41, 5.74) is 7.74. The van der Waals surface area contributed by atoms with Gasteiger partial charge in [-0.05, 0) is 36.5 Å². The fourth-order valence-electron chi connectivity index (χ4n) is 5.10. The van der Waals surface area contributed by atoms with Crippen LogP contribution in [0.3, 0.4) is 0 Å². The number of amides is 2. The summed E-state index contributed by atoms with van der Waals surface area (Å²) in [6.07, 6.45) is 1.26. The third kappa shape index (κ3) is 3.15. The lowest BCUT2D eigenvalue weighted by Gasteiger charge is -2.42. The number of ether oxygens (including phenoxy) is 1. The molecule has 3 fully saturated rings. The zero-order valence-corrected chi connectivity index (χ0v) is 15.4. The third-order valence-electron chi connectivity index (χ3n) is 6.17. The summed E-state index contributed by atoms with van der Waals surface area (Å²) < 4.78 is 5.01. The largest absolute Gasteiger partial charge is 0.390 e. The van der Waals surface area contributed by atoms with Gasteiger partial charge < -0.3 is 20.5 Å². The molecular formula is C20H25N3O4. The monoisotopic (exact) mass is 371 g/mol. The molecule has 1 heterocycles. The van der Waals surface area contributed by atoms with Crippen LogP contribution < -0.4 is 5.73 Å². The van der Waals surface area contributed by atoms with Gasteiger partial charge in [-0.1, -0.05) is 12.1 Å². The van der Waals surface area contributed by atoms with Crippen LogP contribution in [-0.2, 0) is 16.1 Å². The molecule has 1 aromatic carbocycles. The molecule has 0 radical (unpaired) electrons. The SMILES string of the molecule is COCC(=O)N1CC2C[C@@H]3/C(=N\Cc4cccc(C(N)=O)c4)[C@H](C2)C1[C@H]3O. The number of aliphatic imine (C=N–C) groups is 1. The summed E-state index contributed by atoms with van der Waals surface area (Å²) in [6, 6.07) is 6.96. The molecule has 2 amide bonds. The second-order valence-electron chi connectivity index (χ2n) is 7.82. The lowest BCUT2D eigenvalue weighted by molar-refractivity contribution is -0.142. The Bertz CT molecular complexity index is 793. The van der Waals surface area contributed by atoms with E-state index in [1.807, 2.05) is 11.0 Å². The van der Waals surface area contributed by atoms with E-state index in [-0.39, 0.29) is 30.4 Å². The molecule has 3 bridgehead atoms.